The molecule has 1 aliphatic rings. The molecular formula is C13H24FNO. The summed E-state index contributed by atoms with van der Waals surface area (Å²) < 4.78 is 13.9. The van der Waals surface area contributed by atoms with Crippen molar-refractivity contribution in [3.05, 3.63) is 0 Å². The predicted octanol–water partition coefficient (Wildman–Crippen LogP) is 2.88. The summed E-state index contributed by atoms with van der Waals surface area (Å²) in [6.07, 6.45) is -0.883. The highest BCUT2D eigenvalue weighted by Gasteiger charge is 2.43. The molecule has 3 heteroatoms. The van der Waals surface area contributed by atoms with Crippen LogP contribution >= 0.6 is 0 Å². The second kappa shape index (κ2) is 4.01. The fraction of sp³-hybridized carbons (Fsp3) is 0.923. The molecule has 0 bridgehead atoms. The second-order valence-electron chi connectivity index (χ2n) is 6.95. The van der Waals surface area contributed by atoms with E-state index in [1.54, 1.807) is 4.90 Å². The van der Waals surface area contributed by atoms with E-state index in [0.717, 1.165) is 0 Å². The molecule has 1 rings (SSSR count). The van der Waals surface area contributed by atoms with Crippen LogP contribution in [-0.2, 0) is 4.79 Å². The van der Waals surface area contributed by atoms with Crippen molar-refractivity contribution in [2.45, 2.75) is 47.7 Å². The maximum atomic E-state index is 13.9. The molecule has 0 spiro atoms. The third kappa shape index (κ3) is 2.74. The standard InChI is InChI=1S/C13H24FNO/c1-12(2,3)9-7-15(8-10(9)14)11(16)13(4,5)6/h9-10H,7-8H2,1-6H3. The summed E-state index contributed by atoms with van der Waals surface area (Å²) in [4.78, 5) is 13.7. The lowest BCUT2D eigenvalue weighted by Crippen LogP contribution is -2.38. The van der Waals surface area contributed by atoms with E-state index in [4.69, 9.17) is 0 Å². The molecule has 1 amide bonds. The number of alkyl halides is 1. The number of carbonyl (C=O) groups excluding carboxylic acids is 1. The summed E-state index contributed by atoms with van der Waals surface area (Å²) in [5, 5.41) is 0. The van der Waals surface area contributed by atoms with E-state index in [1.807, 2.05) is 41.5 Å². The van der Waals surface area contributed by atoms with Gasteiger partial charge in [0.25, 0.3) is 0 Å². The van der Waals surface area contributed by atoms with Crippen molar-refractivity contribution in [2.75, 3.05) is 13.1 Å². The van der Waals surface area contributed by atoms with Gasteiger partial charge in [-0.25, -0.2) is 4.39 Å². The maximum absolute atomic E-state index is 13.9. The highest BCUT2D eigenvalue weighted by molar-refractivity contribution is 5.81. The summed E-state index contributed by atoms with van der Waals surface area (Å²) in [5.41, 5.74) is -0.487. The van der Waals surface area contributed by atoms with Crippen LogP contribution in [0.15, 0.2) is 0 Å². The van der Waals surface area contributed by atoms with Gasteiger partial charge in [-0.1, -0.05) is 41.5 Å². The molecule has 0 aromatic rings. The molecule has 0 aromatic heterocycles. The Hall–Kier alpha value is -0.600. The molecule has 2 nitrogen and oxygen atoms in total. The van der Waals surface area contributed by atoms with Crippen LogP contribution in [0, 0.1) is 16.7 Å². The van der Waals surface area contributed by atoms with Gasteiger partial charge in [-0.3, -0.25) is 4.79 Å². The number of rotatable bonds is 0. The Labute approximate surface area is 98.2 Å². The summed E-state index contributed by atoms with van der Waals surface area (Å²) in [6.45, 7) is 12.6. The normalized spacial score (nSPS) is 27.3. The third-order valence-corrected chi connectivity index (χ3v) is 3.29. The van der Waals surface area contributed by atoms with Crippen LogP contribution in [0.2, 0.25) is 0 Å². The van der Waals surface area contributed by atoms with Crippen molar-refractivity contribution < 1.29 is 9.18 Å². The first-order valence-corrected chi connectivity index (χ1v) is 5.97. The molecule has 1 saturated heterocycles. The van der Waals surface area contributed by atoms with Gasteiger partial charge < -0.3 is 4.90 Å². The Morgan fingerprint density at radius 3 is 1.94 bits per heavy atom. The fourth-order valence-electron chi connectivity index (χ4n) is 2.22. The Morgan fingerprint density at radius 1 is 1.12 bits per heavy atom. The second-order valence-corrected chi connectivity index (χ2v) is 6.95. The van der Waals surface area contributed by atoms with E-state index >= 15 is 0 Å². The zero-order valence-corrected chi connectivity index (χ0v) is 11.3. The average molecular weight is 229 g/mol. The maximum Gasteiger partial charge on any atom is 0.228 e. The molecule has 1 aliphatic heterocycles. The van der Waals surface area contributed by atoms with Crippen molar-refractivity contribution in [2.24, 2.45) is 16.7 Å². The Kier molecular flexibility index (Phi) is 3.37. The first kappa shape index (κ1) is 13.5. The molecule has 2 unspecified atom stereocenters. The molecule has 0 N–H and O–H groups in total. The number of hydrogen-bond donors (Lipinski definition) is 0. The van der Waals surface area contributed by atoms with Crippen LogP contribution in [0.4, 0.5) is 4.39 Å². The number of halogens is 1. The topological polar surface area (TPSA) is 20.3 Å². The van der Waals surface area contributed by atoms with Gasteiger partial charge in [0.2, 0.25) is 5.91 Å². The smallest absolute Gasteiger partial charge is 0.228 e. The van der Waals surface area contributed by atoms with Crippen LogP contribution in [-0.4, -0.2) is 30.1 Å². The number of nitrogens with zero attached hydrogens (tertiary/aromatic N) is 1. The fourth-order valence-corrected chi connectivity index (χ4v) is 2.22. The minimum absolute atomic E-state index is 0.0428. The summed E-state index contributed by atoms with van der Waals surface area (Å²) in [5.74, 6) is 0.0145. The average Bonchev–Trinajstić information content (AvgIpc) is 2.43. The van der Waals surface area contributed by atoms with Crippen molar-refractivity contribution in [3.8, 4) is 0 Å². The largest absolute Gasteiger partial charge is 0.339 e. The number of amides is 1. The van der Waals surface area contributed by atoms with Gasteiger partial charge in [0, 0.05) is 17.9 Å². The lowest BCUT2D eigenvalue weighted by Gasteiger charge is -2.29. The van der Waals surface area contributed by atoms with E-state index < -0.39 is 11.6 Å². The lowest BCUT2D eigenvalue weighted by molar-refractivity contribution is -0.138. The predicted molar refractivity (Wildman–Crippen MR) is 63.9 cm³/mol. The summed E-state index contributed by atoms with van der Waals surface area (Å²) >= 11 is 0. The zero-order chi connectivity index (χ0) is 12.7. The molecule has 0 aromatic carbocycles. The minimum Gasteiger partial charge on any atom is -0.339 e. The van der Waals surface area contributed by atoms with E-state index in [1.165, 1.54) is 0 Å². The summed E-state index contributed by atoms with van der Waals surface area (Å²) in [7, 11) is 0. The van der Waals surface area contributed by atoms with E-state index in [0.29, 0.717) is 6.54 Å². The van der Waals surface area contributed by atoms with Gasteiger partial charge in [-0.2, -0.15) is 0 Å². The van der Waals surface area contributed by atoms with Gasteiger partial charge in [0.1, 0.15) is 6.17 Å². The third-order valence-electron chi connectivity index (χ3n) is 3.29. The Bertz CT molecular complexity index is 275. The molecule has 0 saturated carbocycles. The molecule has 1 fully saturated rings. The van der Waals surface area contributed by atoms with Gasteiger partial charge in [0.05, 0.1) is 6.54 Å². The van der Waals surface area contributed by atoms with Crippen LogP contribution in [0.25, 0.3) is 0 Å². The SMILES string of the molecule is CC(C)(C)C(=O)N1CC(F)C(C(C)(C)C)C1. The van der Waals surface area contributed by atoms with Crippen LogP contribution in [0.1, 0.15) is 41.5 Å². The minimum atomic E-state index is -0.883. The van der Waals surface area contributed by atoms with Crippen LogP contribution < -0.4 is 0 Å². The van der Waals surface area contributed by atoms with Gasteiger partial charge in [0.15, 0.2) is 0 Å². The molecule has 0 radical (unpaired) electrons. The number of hydrogen-bond acceptors (Lipinski definition) is 1. The number of carbonyl (C=O) groups is 1. The molecule has 2 atom stereocenters. The number of likely N-dealkylation sites (tertiary alicyclic amines) is 1. The van der Waals surface area contributed by atoms with Crippen molar-refractivity contribution in [3.63, 3.8) is 0 Å². The first-order valence-electron chi connectivity index (χ1n) is 5.97. The lowest BCUT2D eigenvalue weighted by atomic mass is 9.79. The zero-order valence-electron chi connectivity index (χ0n) is 11.3. The molecule has 1 heterocycles. The highest BCUT2D eigenvalue weighted by Crippen LogP contribution is 2.36. The Morgan fingerprint density at radius 2 is 1.62 bits per heavy atom. The highest BCUT2D eigenvalue weighted by atomic mass is 19.1. The van der Waals surface area contributed by atoms with Crippen LogP contribution in [0.5, 0.6) is 0 Å². The van der Waals surface area contributed by atoms with E-state index in [-0.39, 0.29) is 23.8 Å². The van der Waals surface area contributed by atoms with E-state index in [9.17, 15) is 9.18 Å². The first-order chi connectivity index (χ1) is 7.03. The molecule has 0 aliphatic carbocycles. The van der Waals surface area contributed by atoms with E-state index in [2.05, 4.69) is 0 Å². The molecule has 94 valence electrons. The van der Waals surface area contributed by atoms with Gasteiger partial charge >= 0.3 is 0 Å². The quantitative estimate of drug-likeness (QED) is 0.625. The van der Waals surface area contributed by atoms with Gasteiger partial charge in [-0.15, -0.1) is 0 Å². The molecule has 16 heavy (non-hydrogen) atoms. The van der Waals surface area contributed by atoms with Gasteiger partial charge in [-0.05, 0) is 5.41 Å². The van der Waals surface area contributed by atoms with Crippen LogP contribution in [0.3, 0.4) is 0 Å². The van der Waals surface area contributed by atoms with Crippen molar-refractivity contribution in [1.82, 2.24) is 4.90 Å². The summed E-state index contributed by atoms with van der Waals surface area (Å²) in [6, 6.07) is 0. The monoisotopic (exact) mass is 229 g/mol. The van der Waals surface area contributed by atoms with Crippen molar-refractivity contribution in [1.29, 1.82) is 0 Å². The molecular weight excluding hydrogens is 205 g/mol. The van der Waals surface area contributed by atoms with Crippen molar-refractivity contribution >= 4 is 5.91 Å². The Balaban J connectivity index is 2.75.